The zero-order valence-electron chi connectivity index (χ0n) is 47.2. The molecule has 6 atom stereocenters. The van der Waals surface area contributed by atoms with Crippen molar-refractivity contribution in [3.63, 3.8) is 0 Å². The fraction of sp³-hybridized carbons (Fsp3) is 0.902. The van der Waals surface area contributed by atoms with Gasteiger partial charge in [0.15, 0.2) is 24.6 Å². The Morgan fingerprint density at radius 2 is 0.781 bits per heavy atom. The molecule has 1 heterocycles. The number of esters is 3. The maximum absolute atomic E-state index is 13.1. The lowest BCUT2D eigenvalue weighted by atomic mass is 9.98. The van der Waals surface area contributed by atoms with Gasteiger partial charge in [-0.1, -0.05) is 251 Å². The molecule has 0 spiro atoms. The highest BCUT2D eigenvalue weighted by Crippen LogP contribution is 2.27. The smallest absolute Gasteiger partial charge is 0.335 e. The van der Waals surface area contributed by atoms with Gasteiger partial charge in [-0.3, -0.25) is 14.4 Å². The molecule has 12 nitrogen and oxygen atoms in total. The number of carboxylic acid groups (broad SMARTS) is 1. The summed E-state index contributed by atoms with van der Waals surface area (Å²) in [5, 5.41) is 31.4. The molecular formula is C61H112O12. The Bertz CT molecular complexity index is 1320. The summed E-state index contributed by atoms with van der Waals surface area (Å²) in [6, 6.07) is 0. The normalized spacial score (nSPS) is 18.3. The van der Waals surface area contributed by atoms with E-state index in [-0.39, 0.29) is 25.9 Å². The van der Waals surface area contributed by atoms with E-state index in [0.717, 1.165) is 83.5 Å². The van der Waals surface area contributed by atoms with Gasteiger partial charge in [-0.05, 0) is 44.9 Å². The number of rotatable bonds is 53. The van der Waals surface area contributed by atoms with Crippen LogP contribution < -0.4 is 0 Å². The van der Waals surface area contributed by atoms with Crippen LogP contribution in [0.3, 0.4) is 0 Å². The van der Waals surface area contributed by atoms with E-state index in [1.807, 2.05) is 0 Å². The predicted molar refractivity (Wildman–Crippen MR) is 294 cm³/mol. The number of carbonyl (C=O) groups is 4. The van der Waals surface area contributed by atoms with Crippen molar-refractivity contribution in [2.45, 2.75) is 340 Å². The van der Waals surface area contributed by atoms with Crippen LogP contribution in [0.15, 0.2) is 12.2 Å². The van der Waals surface area contributed by atoms with E-state index in [9.17, 15) is 34.5 Å². The molecule has 1 saturated heterocycles. The van der Waals surface area contributed by atoms with Crippen molar-refractivity contribution in [1.82, 2.24) is 0 Å². The molecule has 0 bridgehead atoms. The van der Waals surface area contributed by atoms with E-state index in [1.165, 1.54) is 161 Å². The molecule has 0 aromatic rings. The van der Waals surface area contributed by atoms with Gasteiger partial charge >= 0.3 is 23.9 Å². The first kappa shape index (κ1) is 68.5. The minimum absolute atomic E-state index is 0.0669. The SMILES string of the molecule is CCCCCCCC/C=C\CCCCCCCC(=O)OC(COC(=O)CCCCCCCCCCCCCCCCCCC)COC1OC(C(=O)O)C(O)C(O)C1OC(=O)CCCCCCCCCCCCC. The van der Waals surface area contributed by atoms with Gasteiger partial charge in [0, 0.05) is 19.3 Å². The summed E-state index contributed by atoms with van der Waals surface area (Å²) in [6.45, 7) is 6.01. The van der Waals surface area contributed by atoms with E-state index < -0.39 is 67.3 Å². The fourth-order valence-corrected chi connectivity index (χ4v) is 9.60. The van der Waals surface area contributed by atoms with E-state index in [4.69, 9.17) is 23.7 Å². The first-order chi connectivity index (χ1) is 35.6. The van der Waals surface area contributed by atoms with E-state index in [1.54, 1.807) is 0 Å². The standard InChI is InChI=1S/C61H112O12/c1-4-7-10-13-16-19-22-24-26-27-29-30-33-35-38-41-44-47-53(62)69-50-52(71-54(63)48-45-42-39-37-34-31-28-25-23-20-17-14-11-8-5-2)51-70-61-59(57(66)56(65)58(73-61)60(67)68)72-55(64)49-46-43-40-36-32-21-18-15-12-9-6-3/h25,28,52,56-59,61,65-66H,4-24,26-27,29-51H2,1-3H3,(H,67,68)/b28-25-. The number of carboxylic acids is 1. The van der Waals surface area contributed by atoms with Crippen LogP contribution in [0.4, 0.5) is 0 Å². The van der Waals surface area contributed by atoms with E-state index in [0.29, 0.717) is 19.3 Å². The Morgan fingerprint density at radius 3 is 1.16 bits per heavy atom. The second-order valence-corrected chi connectivity index (χ2v) is 21.4. The molecule has 3 N–H and O–H groups in total. The molecule has 1 aliphatic rings. The summed E-state index contributed by atoms with van der Waals surface area (Å²) >= 11 is 0. The zero-order valence-corrected chi connectivity index (χ0v) is 47.2. The summed E-state index contributed by atoms with van der Waals surface area (Å²) in [5.74, 6) is -3.09. The first-order valence-electron chi connectivity index (χ1n) is 30.7. The maximum Gasteiger partial charge on any atom is 0.335 e. The van der Waals surface area contributed by atoms with Crippen molar-refractivity contribution < 1.29 is 58.2 Å². The third-order valence-corrected chi connectivity index (χ3v) is 14.3. The third-order valence-electron chi connectivity index (χ3n) is 14.3. The van der Waals surface area contributed by atoms with Crippen molar-refractivity contribution in [2.24, 2.45) is 0 Å². The first-order valence-corrected chi connectivity index (χ1v) is 30.7. The second-order valence-electron chi connectivity index (χ2n) is 21.4. The van der Waals surface area contributed by atoms with Crippen LogP contribution in [-0.4, -0.2) is 89.2 Å². The molecule has 0 aliphatic carbocycles. The van der Waals surface area contributed by atoms with Crippen molar-refractivity contribution in [3.8, 4) is 0 Å². The molecule has 6 unspecified atom stereocenters. The molecule has 1 fully saturated rings. The Hall–Kier alpha value is -2.54. The number of hydrogen-bond acceptors (Lipinski definition) is 11. The van der Waals surface area contributed by atoms with Gasteiger partial charge in [0.05, 0.1) is 6.61 Å². The topological polar surface area (TPSA) is 175 Å². The van der Waals surface area contributed by atoms with Gasteiger partial charge in [0.25, 0.3) is 0 Å². The molecule has 428 valence electrons. The van der Waals surface area contributed by atoms with Crippen molar-refractivity contribution >= 4 is 23.9 Å². The highest BCUT2D eigenvalue weighted by atomic mass is 16.7. The van der Waals surface area contributed by atoms with Gasteiger partial charge < -0.3 is 39.0 Å². The Kier molecular flexibility index (Phi) is 47.2. The third kappa shape index (κ3) is 40.4. The lowest BCUT2D eigenvalue weighted by molar-refractivity contribution is -0.301. The largest absolute Gasteiger partial charge is 0.479 e. The molecule has 0 radical (unpaired) electrons. The van der Waals surface area contributed by atoms with Gasteiger partial charge in [0.2, 0.25) is 0 Å². The molecule has 1 rings (SSSR count). The summed E-state index contributed by atoms with van der Waals surface area (Å²) in [7, 11) is 0. The number of unbranched alkanes of at least 4 members (excludes halogenated alkanes) is 37. The van der Waals surface area contributed by atoms with Crippen LogP contribution in [0.2, 0.25) is 0 Å². The number of aliphatic carboxylic acids is 1. The molecule has 0 aromatic heterocycles. The Morgan fingerprint density at radius 1 is 0.438 bits per heavy atom. The monoisotopic (exact) mass is 1040 g/mol. The molecule has 0 amide bonds. The van der Waals surface area contributed by atoms with Gasteiger partial charge in [-0.2, -0.15) is 0 Å². The van der Waals surface area contributed by atoms with E-state index in [2.05, 4.69) is 32.9 Å². The highest BCUT2D eigenvalue weighted by molar-refractivity contribution is 5.74. The molecule has 0 saturated carbocycles. The van der Waals surface area contributed by atoms with Gasteiger partial charge in [0.1, 0.15) is 18.8 Å². The average Bonchev–Trinajstić information content (AvgIpc) is 3.37. The van der Waals surface area contributed by atoms with Gasteiger partial charge in [-0.15, -0.1) is 0 Å². The maximum atomic E-state index is 13.1. The summed E-state index contributed by atoms with van der Waals surface area (Å²) < 4.78 is 28.4. The minimum Gasteiger partial charge on any atom is -0.479 e. The van der Waals surface area contributed by atoms with Crippen molar-refractivity contribution in [3.05, 3.63) is 12.2 Å². The second kappa shape index (κ2) is 50.3. The predicted octanol–water partition coefficient (Wildman–Crippen LogP) is 15.7. The van der Waals surface area contributed by atoms with Crippen LogP contribution >= 0.6 is 0 Å². The summed E-state index contributed by atoms with van der Waals surface area (Å²) in [6.07, 6.45) is 43.3. The quantitative estimate of drug-likeness (QED) is 0.0228. The van der Waals surface area contributed by atoms with Crippen LogP contribution in [0.25, 0.3) is 0 Å². The Labute approximate surface area is 446 Å². The van der Waals surface area contributed by atoms with Crippen molar-refractivity contribution in [1.29, 1.82) is 0 Å². The van der Waals surface area contributed by atoms with Crippen LogP contribution in [0.5, 0.6) is 0 Å². The van der Waals surface area contributed by atoms with Crippen LogP contribution in [0.1, 0.15) is 303 Å². The minimum atomic E-state index is -1.90. The summed E-state index contributed by atoms with van der Waals surface area (Å²) in [5.41, 5.74) is 0. The number of aliphatic hydroxyl groups excluding tert-OH is 2. The lowest BCUT2D eigenvalue weighted by Gasteiger charge is -2.40. The van der Waals surface area contributed by atoms with Crippen molar-refractivity contribution in [2.75, 3.05) is 13.2 Å². The molecule has 73 heavy (non-hydrogen) atoms. The average molecular weight is 1040 g/mol. The molecule has 12 heteroatoms. The van der Waals surface area contributed by atoms with Crippen LogP contribution in [-0.2, 0) is 42.9 Å². The lowest BCUT2D eigenvalue weighted by Crippen LogP contribution is -2.61. The molecular weight excluding hydrogens is 925 g/mol. The molecule has 0 aromatic carbocycles. The molecule has 1 aliphatic heterocycles. The number of aliphatic hydroxyl groups is 2. The zero-order chi connectivity index (χ0) is 53.3. The van der Waals surface area contributed by atoms with Crippen LogP contribution in [0, 0.1) is 0 Å². The number of hydrogen-bond donors (Lipinski definition) is 3. The highest BCUT2D eigenvalue weighted by Gasteiger charge is 2.50. The number of carbonyl (C=O) groups excluding carboxylic acids is 3. The summed E-state index contributed by atoms with van der Waals surface area (Å²) in [4.78, 5) is 51.1. The van der Waals surface area contributed by atoms with Gasteiger partial charge in [-0.25, -0.2) is 4.79 Å². The number of ether oxygens (including phenoxy) is 5. The fourth-order valence-electron chi connectivity index (χ4n) is 9.60. The number of allylic oxidation sites excluding steroid dienone is 2. The van der Waals surface area contributed by atoms with E-state index >= 15 is 0 Å². The Balaban J connectivity index is 2.66.